The third-order valence-electron chi connectivity index (χ3n) is 3.71. The molecule has 2 heterocycles. The van der Waals surface area contributed by atoms with Gasteiger partial charge in [-0.3, -0.25) is 0 Å². The van der Waals surface area contributed by atoms with Crippen LogP contribution in [0.25, 0.3) is 0 Å². The van der Waals surface area contributed by atoms with E-state index in [-0.39, 0.29) is 11.9 Å². The number of thiol groups is 1. The summed E-state index contributed by atoms with van der Waals surface area (Å²) in [5.41, 5.74) is 1.66. The van der Waals surface area contributed by atoms with Crippen molar-refractivity contribution in [2.24, 2.45) is 0 Å². The second-order valence-corrected chi connectivity index (χ2v) is 5.37. The number of halogens is 1. The van der Waals surface area contributed by atoms with Gasteiger partial charge in [0.2, 0.25) is 0 Å². The SMILES string of the molecule is Fc1cccc2c1CCO[C@@]2(S)[C@@H]1CCCN1. The molecule has 0 aromatic heterocycles. The van der Waals surface area contributed by atoms with Crippen molar-refractivity contribution in [3.63, 3.8) is 0 Å². The van der Waals surface area contributed by atoms with E-state index in [0.717, 1.165) is 30.5 Å². The van der Waals surface area contributed by atoms with Crippen LogP contribution in [0.1, 0.15) is 24.0 Å². The third-order valence-corrected chi connectivity index (χ3v) is 4.39. The van der Waals surface area contributed by atoms with Gasteiger partial charge in [0.05, 0.1) is 6.61 Å². The zero-order chi connectivity index (χ0) is 11.9. The first-order valence-electron chi connectivity index (χ1n) is 6.09. The average Bonchev–Trinajstić information content (AvgIpc) is 2.85. The molecule has 4 heteroatoms. The van der Waals surface area contributed by atoms with E-state index in [0.29, 0.717) is 13.0 Å². The second kappa shape index (κ2) is 4.26. The molecule has 92 valence electrons. The molecule has 17 heavy (non-hydrogen) atoms. The lowest BCUT2D eigenvalue weighted by Crippen LogP contribution is -2.46. The molecule has 2 aliphatic rings. The second-order valence-electron chi connectivity index (χ2n) is 4.71. The number of nitrogens with one attached hydrogen (secondary N) is 1. The first-order valence-corrected chi connectivity index (χ1v) is 6.54. The van der Waals surface area contributed by atoms with E-state index in [1.165, 1.54) is 6.07 Å². The highest BCUT2D eigenvalue weighted by Crippen LogP contribution is 2.42. The molecular weight excluding hydrogens is 237 g/mol. The van der Waals surface area contributed by atoms with Gasteiger partial charge in [0.15, 0.2) is 4.93 Å². The zero-order valence-electron chi connectivity index (χ0n) is 9.58. The van der Waals surface area contributed by atoms with Crippen LogP contribution in [0, 0.1) is 5.82 Å². The quantitative estimate of drug-likeness (QED) is 0.749. The summed E-state index contributed by atoms with van der Waals surface area (Å²) < 4.78 is 19.7. The fraction of sp³-hybridized carbons (Fsp3) is 0.538. The highest BCUT2D eigenvalue weighted by Gasteiger charge is 2.43. The number of hydrogen-bond acceptors (Lipinski definition) is 3. The lowest BCUT2D eigenvalue weighted by Gasteiger charge is -2.39. The molecule has 0 unspecified atom stereocenters. The summed E-state index contributed by atoms with van der Waals surface area (Å²) >= 11 is 4.72. The van der Waals surface area contributed by atoms with Gasteiger partial charge in [-0.25, -0.2) is 4.39 Å². The van der Waals surface area contributed by atoms with E-state index in [2.05, 4.69) is 5.32 Å². The van der Waals surface area contributed by atoms with Gasteiger partial charge >= 0.3 is 0 Å². The molecule has 2 atom stereocenters. The molecule has 2 nitrogen and oxygen atoms in total. The van der Waals surface area contributed by atoms with E-state index in [4.69, 9.17) is 17.4 Å². The molecule has 1 N–H and O–H groups in total. The van der Waals surface area contributed by atoms with E-state index in [9.17, 15) is 4.39 Å². The number of benzene rings is 1. The molecule has 2 aliphatic heterocycles. The standard InChI is InChI=1S/C13H16FNOS/c14-11-4-1-3-10-9(11)6-8-16-13(10,17)12-5-2-7-15-12/h1,3-4,12,15,17H,2,5-8H2/t12-,13-/m0/s1. The summed E-state index contributed by atoms with van der Waals surface area (Å²) in [4.78, 5) is -0.674. The van der Waals surface area contributed by atoms with Crippen molar-refractivity contribution in [3.05, 3.63) is 35.1 Å². The summed E-state index contributed by atoms with van der Waals surface area (Å²) in [7, 11) is 0. The molecule has 1 saturated heterocycles. The maximum atomic E-state index is 13.8. The van der Waals surface area contributed by atoms with Crippen molar-refractivity contribution in [2.75, 3.05) is 13.2 Å². The van der Waals surface area contributed by atoms with Gasteiger partial charge in [-0.2, -0.15) is 0 Å². The summed E-state index contributed by atoms with van der Waals surface area (Å²) in [6.07, 6.45) is 2.79. The van der Waals surface area contributed by atoms with Gasteiger partial charge in [0.1, 0.15) is 5.82 Å². The minimum Gasteiger partial charge on any atom is -0.358 e. The Hall–Kier alpha value is -0.580. The topological polar surface area (TPSA) is 21.3 Å². The summed E-state index contributed by atoms with van der Waals surface area (Å²) in [5.74, 6) is -0.137. The molecule has 0 amide bonds. The fourth-order valence-corrected chi connectivity index (χ4v) is 3.36. The Morgan fingerprint density at radius 1 is 1.47 bits per heavy atom. The smallest absolute Gasteiger partial charge is 0.152 e. The van der Waals surface area contributed by atoms with Crippen molar-refractivity contribution >= 4 is 12.6 Å². The van der Waals surface area contributed by atoms with Crippen molar-refractivity contribution in [3.8, 4) is 0 Å². The number of rotatable bonds is 1. The van der Waals surface area contributed by atoms with Crippen LogP contribution >= 0.6 is 12.6 Å². The number of ether oxygens (including phenoxy) is 1. The Bertz CT molecular complexity index is 433. The highest BCUT2D eigenvalue weighted by atomic mass is 32.1. The van der Waals surface area contributed by atoms with Crippen molar-refractivity contribution in [2.45, 2.75) is 30.2 Å². The van der Waals surface area contributed by atoms with Crippen LogP contribution in [0.3, 0.4) is 0 Å². The lowest BCUT2D eigenvalue weighted by molar-refractivity contribution is -0.00942. The molecule has 3 rings (SSSR count). The number of hydrogen-bond donors (Lipinski definition) is 2. The van der Waals surface area contributed by atoms with E-state index in [1.54, 1.807) is 6.07 Å². The molecule has 1 aromatic carbocycles. The van der Waals surface area contributed by atoms with Crippen LogP contribution in [0.5, 0.6) is 0 Å². The van der Waals surface area contributed by atoms with Gasteiger partial charge in [0, 0.05) is 11.6 Å². The minimum atomic E-state index is -0.674. The molecule has 1 aromatic rings. The predicted molar refractivity (Wildman–Crippen MR) is 67.7 cm³/mol. The van der Waals surface area contributed by atoms with Gasteiger partial charge in [-0.05, 0) is 37.4 Å². The average molecular weight is 253 g/mol. The maximum Gasteiger partial charge on any atom is 0.152 e. The summed E-state index contributed by atoms with van der Waals surface area (Å²) in [5, 5.41) is 3.40. The Morgan fingerprint density at radius 3 is 3.12 bits per heavy atom. The maximum absolute atomic E-state index is 13.8. The molecule has 0 bridgehead atoms. The van der Waals surface area contributed by atoms with Crippen molar-refractivity contribution in [1.29, 1.82) is 0 Å². The third kappa shape index (κ3) is 1.79. The van der Waals surface area contributed by atoms with Crippen molar-refractivity contribution < 1.29 is 9.13 Å². The fourth-order valence-electron chi connectivity index (χ4n) is 2.84. The molecule has 0 aliphatic carbocycles. The van der Waals surface area contributed by atoms with Gasteiger partial charge < -0.3 is 10.1 Å². The molecule has 1 fully saturated rings. The highest BCUT2D eigenvalue weighted by molar-refractivity contribution is 7.81. The predicted octanol–water partition coefficient (Wildman–Crippen LogP) is 2.23. The summed E-state index contributed by atoms with van der Waals surface area (Å²) in [6, 6.07) is 5.36. The first kappa shape index (κ1) is 11.5. The van der Waals surface area contributed by atoms with Crippen LogP contribution in [0.15, 0.2) is 18.2 Å². The van der Waals surface area contributed by atoms with E-state index >= 15 is 0 Å². The van der Waals surface area contributed by atoms with Crippen LogP contribution in [0.2, 0.25) is 0 Å². The normalized spacial score (nSPS) is 32.5. The Balaban J connectivity index is 2.06. The number of fused-ring (bicyclic) bond motifs is 1. The van der Waals surface area contributed by atoms with Crippen molar-refractivity contribution in [1.82, 2.24) is 5.32 Å². The Morgan fingerprint density at radius 2 is 2.35 bits per heavy atom. The molecule has 0 spiro atoms. The van der Waals surface area contributed by atoms with Gasteiger partial charge in [-0.15, -0.1) is 12.6 Å². The van der Waals surface area contributed by atoms with E-state index in [1.807, 2.05) is 6.07 Å². The zero-order valence-corrected chi connectivity index (χ0v) is 10.5. The lowest BCUT2D eigenvalue weighted by atomic mass is 9.91. The van der Waals surface area contributed by atoms with Gasteiger partial charge in [0.25, 0.3) is 0 Å². The molecular formula is C13H16FNOS. The van der Waals surface area contributed by atoms with Crippen LogP contribution < -0.4 is 5.32 Å². The monoisotopic (exact) mass is 253 g/mol. The van der Waals surface area contributed by atoms with Crippen LogP contribution in [-0.4, -0.2) is 19.2 Å². The Labute approximate surface area is 106 Å². The van der Waals surface area contributed by atoms with Crippen LogP contribution in [-0.2, 0) is 16.1 Å². The van der Waals surface area contributed by atoms with Gasteiger partial charge in [-0.1, -0.05) is 12.1 Å². The Kier molecular flexibility index (Phi) is 2.89. The first-order chi connectivity index (χ1) is 8.22. The van der Waals surface area contributed by atoms with Crippen LogP contribution in [0.4, 0.5) is 4.39 Å². The molecule has 0 saturated carbocycles. The minimum absolute atomic E-state index is 0.137. The summed E-state index contributed by atoms with van der Waals surface area (Å²) in [6.45, 7) is 1.52. The largest absolute Gasteiger partial charge is 0.358 e. The van der Waals surface area contributed by atoms with E-state index < -0.39 is 4.93 Å². The molecule has 0 radical (unpaired) electrons.